The minimum Gasteiger partial charge on any atom is -0.327 e. The van der Waals surface area contributed by atoms with Crippen LogP contribution in [0.25, 0.3) is 0 Å². The molecule has 1 atom stereocenters. The lowest BCUT2D eigenvalue weighted by atomic mass is 9.96. The summed E-state index contributed by atoms with van der Waals surface area (Å²) in [5.74, 6) is -0.202. The minimum atomic E-state index is -0.202. The van der Waals surface area contributed by atoms with E-state index in [1.807, 2.05) is 25.6 Å². The predicted molar refractivity (Wildman–Crippen MR) is 79.2 cm³/mol. The zero-order chi connectivity index (χ0) is 14.9. The van der Waals surface area contributed by atoms with Crippen LogP contribution in [-0.4, -0.2) is 15.8 Å². The lowest BCUT2D eigenvalue weighted by Gasteiger charge is -2.14. The average Bonchev–Trinajstić information content (AvgIpc) is 2.61. The summed E-state index contributed by atoms with van der Waals surface area (Å²) in [7, 11) is 1.94. The summed E-state index contributed by atoms with van der Waals surface area (Å²) in [5.41, 5.74) is 11.7. The summed E-state index contributed by atoms with van der Waals surface area (Å²) in [6.45, 7) is 6.04. The van der Waals surface area contributed by atoms with Crippen molar-refractivity contribution >= 4 is 0 Å². The molecule has 0 aliphatic carbocycles. The van der Waals surface area contributed by atoms with Crippen molar-refractivity contribution in [2.45, 2.75) is 39.7 Å². The fraction of sp³-hybridized carbons (Fsp3) is 0.438. The minimum absolute atomic E-state index is 0.0305. The van der Waals surface area contributed by atoms with E-state index < -0.39 is 0 Å². The molecule has 2 aromatic rings. The van der Waals surface area contributed by atoms with Gasteiger partial charge in [-0.05, 0) is 62.4 Å². The van der Waals surface area contributed by atoms with Crippen LogP contribution in [0.15, 0.2) is 18.2 Å². The van der Waals surface area contributed by atoms with Crippen LogP contribution in [0.4, 0.5) is 4.39 Å². The van der Waals surface area contributed by atoms with Gasteiger partial charge in [-0.25, -0.2) is 4.39 Å². The number of nitrogens with zero attached hydrogens (tertiary/aromatic N) is 2. The average molecular weight is 275 g/mol. The summed E-state index contributed by atoms with van der Waals surface area (Å²) >= 11 is 0. The largest absolute Gasteiger partial charge is 0.327 e. The zero-order valence-electron chi connectivity index (χ0n) is 12.6. The van der Waals surface area contributed by atoms with E-state index in [9.17, 15) is 4.39 Å². The van der Waals surface area contributed by atoms with Gasteiger partial charge in [-0.15, -0.1) is 0 Å². The number of hydrogen-bond donors (Lipinski definition) is 1. The molecule has 4 heteroatoms. The highest BCUT2D eigenvalue weighted by Gasteiger charge is 2.14. The highest BCUT2D eigenvalue weighted by molar-refractivity contribution is 5.29. The van der Waals surface area contributed by atoms with Crippen molar-refractivity contribution in [1.82, 2.24) is 9.78 Å². The van der Waals surface area contributed by atoms with Crippen LogP contribution < -0.4 is 5.73 Å². The predicted octanol–water partition coefficient (Wildman–Crippen LogP) is 2.60. The molecule has 0 aliphatic heterocycles. The summed E-state index contributed by atoms with van der Waals surface area (Å²) in [4.78, 5) is 0. The van der Waals surface area contributed by atoms with Crippen LogP contribution in [0.1, 0.15) is 28.1 Å². The van der Waals surface area contributed by atoms with Gasteiger partial charge in [0, 0.05) is 18.8 Å². The molecule has 0 radical (unpaired) electrons. The van der Waals surface area contributed by atoms with Gasteiger partial charge in [0.25, 0.3) is 0 Å². The highest BCUT2D eigenvalue weighted by Crippen LogP contribution is 2.17. The topological polar surface area (TPSA) is 43.8 Å². The number of halogens is 1. The Labute approximate surface area is 119 Å². The van der Waals surface area contributed by atoms with Gasteiger partial charge in [0.15, 0.2) is 0 Å². The Hall–Kier alpha value is -1.68. The maximum Gasteiger partial charge on any atom is 0.123 e. The van der Waals surface area contributed by atoms with Gasteiger partial charge < -0.3 is 5.73 Å². The molecule has 20 heavy (non-hydrogen) atoms. The Bertz CT molecular complexity index is 616. The molecule has 0 fully saturated rings. The van der Waals surface area contributed by atoms with Crippen LogP contribution in [-0.2, 0) is 19.9 Å². The molecule has 1 unspecified atom stereocenters. The SMILES string of the molecule is Cc1ccc(F)cc1CC(N)Cc1c(C)nn(C)c1C. The molecule has 0 amide bonds. The Morgan fingerprint density at radius 1 is 1.25 bits per heavy atom. The normalized spacial score (nSPS) is 12.7. The number of aromatic nitrogens is 2. The van der Waals surface area contributed by atoms with Crippen molar-refractivity contribution in [1.29, 1.82) is 0 Å². The van der Waals surface area contributed by atoms with E-state index in [0.717, 1.165) is 28.9 Å². The van der Waals surface area contributed by atoms with Crippen LogP contribution in [0.2, 0.25) is 0 Å². The molecule has 0 saturated carbocycles. The van der Waals surface area contributed by atoms with E-state index >= 15 is 0 Å². The van der Waals surface area contributed by atoms with E-state index in [-0.39, 0.29) is 11.9 Å². The molecular weight excluding hydrogens is 253 g/mol. The van der Waals surface area contributed by atoms with Crippen LogP contribution in [0.3, 0.4) is 0 Å². The molecule has 108 valence electrons. The third kappa shape index (κ3) is 3.07. The highest BCUT2D eigenvalue weighted by atomic mass is 19.1. The van der Waals surface area contributed by atoms with Gasteiger partial charge in [0.1, 0.15) is 5.82 Å². The number of hydrogen-bond acceptors (Lipinski definition) is 2. The first-order valence-corrected chi connectivity index (χ1v) is 6.88. The zero-order valence-corrected chi connectivity index (χ0v) is 12.6. The van der Waals surface area contributed by atoms with Crippen molar-refractivity contribution in [3.63, 3.8) is 0 Å². The lowest BCUT2D eigenvalue weighted by molar-refractivity contribution is 0.616. The summed E-state index contributed by atoms with van der Waals surface area (Å²) in [5, 5.41) is 4.40. The van der Waals surface area contributed by atoms with E-state index in [4.69, 9.17) is 5.73 Å². The maximum absolute atomic E-state index is 13.3. The van der Waals surface area contributed by atoms with E-state index in [0.29, 0.717) is 6.42 Å². The maximum atomic E-state index is 13.3. The molecule has 2 rings (SSSR count). The van der Waals surface area contributed by atoms with Gasteiger partial charge in [-0.1, -0.05) is 6.07 Å². The first-order chi connectivity index (χ1) is 9.38. The third-order valence-corrected chi connectivity index (χ3v) is 3.92. The third-order valence-electron chi connectivity index (χ3n) is 3.92. The first-order valence-electron chi connectivity index (χ1n) is 6.88. The van der Waals surface area contributed by atoms with Gasteiger partial charge in [0.05, 0.1) is 5.69 Å². The Morgan fingerprint density at radius 3 is 2.55 bits per heavy atom. The second kappa shape index (κ2) is 5.75. The molecule has 0 aliphatic rings. The van der Waals surface area contributed by atoms with Crippen molar-refractivity contribution in [2.75, 3.05) is 0 Å². The van der Waals surface area contributed by atoms with Gasteiger partial charge in [0.2, 0.25) is 0 Å². The van der Waals surface area contributed by atoms with Crippen LogP contribution in [0.5, 0.6) is 0 Å². The van der Waals surface area contributed by atoms with Crippen molar-refractivity contribution < 1.29 is 4.39 Å². The Kier molecular flexibility index (Phi) is 4.23. The summed E-state index contributed by atoms with van der Waals surface area (Å²) in [6, 6.07) is 4.84. The van der Waals surface area contributed by atoms with Crippen molar-refractivity contribution in [3.05, 3.63) is 52.1 Å². The fourth-order valence-electron chi connectivity index (χ4n) is 2.59. The molecule has 1 aromatic carbocycles. The Morgan fingerprint density at radius 2 is 1.95 bits per heavy atom. The second-order valence-corrected chi connectivity index (χ2v) is 5.51. The fourth-order valence-corrected chi connectivity index (χ4v) is 2.59. The van der Waals surface area contributed by atoms with Crippen molar-refractivity contribution in [3.8, 4) is 0 Å². The van der Waals surface area contributed by atoms with Gasteiger partial charge >= 0.3 is 0 Å². The van der Waals surface area contributed by atoms with Gasteiger partial charge in [-0.3, -0.25) is 4.68 Å². The second-order valence-electron chi connectivity index (χ2n) is 5.51. The molecule has 0 bridgehead atoms. The summed E-state index contributed by atoms with van der Waals surface area (Å²) in [6.07, 6.45) is 1.44. The molecular formula is C16H22FN3. The molecule has 2 N–H and O–H groups in total. The monoisotopic (exact) mass is 275 g/mol. The van der Waals surface area contributed by atoms with E-state index in [1.165, 1.54) is 11.6 Å². The first kappa shape index (κ1) is 14.7. The number of nitrogens with two attached hydrogens (primary N) is 1. The Balaban J connectivity index is 2.13. The van der Waals surface area contributed by atoms with Gasteiger partial charge in [-0.2, -0.15) is 5.10 Å². The van der Waals surface area contributed by atoms with Crippen LogP contribution >= 0.6 is 0 Å². The number of benzene rings is 1. The lowest BCUT2D eigenvalue weighted by Crippen LogP contribution is -2.26. The number of aryl methyl sites for hydroxylation is 3. The van der Waals surface area contributed by atoms with E-state index in [2.05, 4.69) is 12.0 Å². The number of rotatable bonds is 4. The van der Waals surface area contributed by atoms with Crippen molar-refractivity contribution in [2.24, 2.45) is 12.8 Å². The molecule has 0 spiro atoms. The molecule has 1 aromatic heterocycles. The smallest absolute Gasteiger partial charge is 0.123 e. The van der Waals surface area contributed by atoms with Crippen LogP contribution in [0, 0.1) is 26.6 Å². The summed E-state index contributed by atoms with van der Waals surface area (Å²) < 4.78 is 15.2. The quantitative estimate of drug-likeness (QED) is 0.932. The standard InChI is InChI=1S/C16H22FN3/c1-10-5-6-14(17)7-13(10)8-15(18)9-16-11(2)19-20(4)12(16)3/h5-7,15H,8-9,18H2,1-4H3. The molecule has 0 saturated heterocycles. The molecule has 3 nitrogen and oxygen atoms in total. The molecule has 1 heterocycles. The van der Waals surface area contributed by atoms with E-state index in [1.54, 1.807) is 12.1 Å².